The van der Waals surface area contributed by atoms with E-state index >= 15 is 0 Å². The van der Waals surface area contributed by atoms with Crippen LogP contribution < -0.4 is 0 Å². The van der Waals surface area contributed by atoms with Gasteiger partial charge >= 0.3 is 0 Å². The van der Waals surface area contributed by atoms with E-state index in [1.807, 2.05) is 51.1 Å². The van der Waals surface area contributed by atoms with Crippen LogP contribution in [-0.2, 0) is 14.8 Å². The molecule has 0 atom stereocenters. The van der Waals surface area contributed by atoms with Gasteiger partial charge in [-0.3, -0.25) is 0 Å². The van der Waals surface area contributed by atoms with Gasteiger partial charge in [-0.15, -0.1) is 0 Å². The molecule has 0 aromatic heterocycles. The molecule has 0 saturated carbocycles. The van der Waals surface area contributed by atoms with Crippen LogP contribution in [0.5, 0.6) is 0 Å². The lowest BCUT2D eigenvalue weighted by Gasteiger charge is -2.18. The maximum Gasteiger partial charge on any atom is 0.0269 e. The molecule has 0 fully saturated rings. The van der Waals surface area contributed by atoms with E-state index in [0.29, 0.717) is 0 Å². The zero-order chi connectivity index (χ0) is 9.90. The van der Waals surface area contributed by atoms with E-state index in [4.69, 9.17) is 0 Å². The van der Waals surface area contributed by atoms with Crippen LogP contribution in [0.4, 0.5) is 0 Å². The molecule has 1 aromatic carbocycles. The van der Waals surface area contributed by atoms with Crippen molar-refractivity contribution in [1.29, 1.82) is 0 Å². The van der Waals surface area contributed by atoms with Crippen LogP contribution in [0, 0.1) is 0 Å². The molecule has 13 heavy (non-hydrogen) atoms. The van der Waals surface area contributed by atoms with E-state index in [1.165, 1.54) is 0 Å². The first-order chi connectivity index (χ1) is 5.99. The molecule has 0 aliphatic heterocycles. The summed E-state index contributed by atoms with van der Waals surface area (Å²) in [5.74, 6) is 0. The fourth-order valence-corrected chi connectivity index (χ4v) is 1.83. The molecule has 1 rings (SSSR count). The summed E-state index contributed by atoms with van der Waals surface area (Å²) in [6.45, 7) is 5.82. The lowest BCUT2D eigenvalue weighted by molar-refractivity contribution is 0.567. The minimum absolute atomic E-state index is 0.249. The summed E-state index contributed by atoms with van der Waals surface area (Å²) in [4.78, 5) is 0.762. The van der Waals surface area contributed by atoms with Gasteiger partial charge in [0.05, 0.1) is 0 Å². The Kier molecular flexibility index (Phi) is 3.09. The molecule has 1 aromatic rings. The van der Waals surface area contributed by atoms with Crippen LogP contribution in [0.25, 0.3) is 0 Å². The van der Waals surface area contributed by atoms with E-state index in [1.54, 1.807) is 0 Å². The molecule has 0 saturated heterocycles. The van der Waals surface area contributed by atoms with Crippen molar-refractivity contribution in [2.24, 2.45) is 4.36 Å². The molecule has 0 bridgehead atoms. The summed E-state index contributed by atoms with van der Waals surface area (Å²) in [6.07, 6.45) is 0. The molecule has 0 unspecified atom stereocenters. The molecule has 2 nitrogen and oxygen atoms in total. The van der Waals surface area contributed by atoms with Crippen molar-refractivity contribution in [1.82, 2.24) is 0 Å². The Morgan fingerprint density at radius 1 is 1.15 bits per heavy atom. The number of nitrogens with zero attached hydrogens (tertiary/aromatic N) is 1. The molecule has 0 heterocycles. The molecule has 72 valence electrons. The molecular weight excluding hydrogens is 182 g/mol. The summed E-state index contributed by atoms with van der Waals surface area (Å²) in [7, 11) is -1.23. The van der Waals surface area contributed by atoms with Gasteiger partial charge in [0.15, 0.2) is 0 Å². The highest BCUT2D eigenvalue weighted by molar-refractivity contribution is 7.74. The topological polar surface area (TPSA) is 29.4 Å². The van der Waals surface area contributed by atoms with Gasteiger partial charge < -0.3 is 8.57 Å². The van der Waals surface area contributed by atoms with Gasteiger partial charge in [-0.05, 0) is 20.8 Å². The van der Waals surface area contributed by atoms with Gasteiger partial charge in [0.25, 0.3) is 0 Å². The second-order valence-corrected chi connectivity index (χ2v) is 4.98. The Hall–Kier alpha value is -0.830. The third-order valence-electron chi connectivity index (χ3n) is 1.30. The highest BCUT2D eigenvalue weighted by Gasteiger charge is 2.01. The first-order valence-corrected chi connectivity index (χ1v) is 5.29. The monoisotopic (exact) mass is 196 g/mol. The standard InChI is InChI=1S/C10H14NOS/c1-10(2,3)11-13(12)9-7-5-4-6-8-9/h4-8H,1-3H3/q-1. The first-order valence-electron chi connectivity index (χ1n) is 4.19. The lowest BCUT2D eigenvalue weighted by atomic mass is 10.1. The molecule has 0 amide bonds. The average Bonchev–Trinajstić information content (AvgIpc) is 2.03. The molecular formula is C10H14NOS-. The third-order valence-corrected chi connectivity index (χ3v) is 2.69. The quantitative estimate of drug-likeness (QED) is 0.635. The SMILES string of the molecule is CC(C)(C)N=[S-](=O)c1ccccc1. The average molecular weight is 196 g/mol. The number of hydrogen-bond acceptors (Lipinski definition) is 3. The second kappa shape index (κ2) is 3.92. The first kappa shape index (κ1) is 10.3. The summed E-state index contributed by atoms with van der Waals surface area (Å²) in [6, 6.07) is 9.28. The Bertz CT molecular complexity index is 345. The summed E-state index contributed by atoms with van der Waals surface area (Å²) in [5, 5.41) is 0. The number of hydrogen-bond donors (Lipinski definition) is 0. The highest BCUT2D eigenvalue weighted by atomic mass is 32.2. The normalized spacial score (nSPS) is 14.4. The predicted molar refractivity (Wildman–Crippen MR) is 54.9 cm³/mol. The van der Waals surface area contributed by atoms with E-state index in [-0.39, 0.29) is 5.54 Å². The molecule has 0 aliphatic rings. The fraction of sp³-hybridized carbons (Fsp3) is 0.400. The Labute approximate surface area is 81.2 Å². The van der Waals surface area contributed by atoms with Gasteiger partial charge in [-0.1, -0.05) is 35.2 Å². The van der Waals surface area contributed by atoms with E-state index < -0.39 is 10.6 Å². The van der Waals surface area contributed by atoms with E-state index in [9.17, 15) is 4.21 Å². The van der Waals surface area contributed by atoms with E-state index in [0.717, 1.165) is 4.90 Å². The van der Waals surface area contributed by atoms with Crippen molar-refractivity contribution in [3.8, 4) is 0 Å². The molecule has 0 radical (unpaired) electrons. The number of benzene rings is 1. The van der Waals surface area contributed by atoms with Crippen molar-refractivity contribution < 1.29 is 4.21 Å². The van der Waals surface area contributed by atoms with E-state index in [2.05, 4.69) is 4.36 Å². The van der Waals surface area contributed by atoms with Crippen LogP contribution in [0.3, 0.4) is 0 Å². The predicted octanol–water partition coefficient (Wildman–Crippen LogP) is 2.99. The van der Waals surface area contributed by atoms with Crippen molar-refractivity contribution in [2.75, 3.05) is 0 Å². The molecule has 0 aliphatic carbocycles. The summed E-state index contributed by atoms with van der Waals surface area (Å²) >= 11 is 0. The maximum atomic E-state index is 11.6. The van der Waals surface area contributed by atoms with Gasteiger partial charge in [-0.2, -0.15) is 10.6 Å². The summed E-state index contributed by atoms with van der Waals surface area (Å²) in [5.41, 5.74) is -0.249. The van der Waals surface area contributed by atoms with Crippen molar-refractivity contribution in [3.05, 3.63) is 30.3 Å². The summed E-state index contributed by atoms with van der Waals surface area (Å²) < 4.78 is 15.8. The minimum Gasteiger partial charge on any atom is -0.440 e. The second-order valence-electron chi connectivity index (χ2n) is 3.82. The van der Waals surface area contributed by atoms with Crippen molar-refractivity contribution >= 4 is 10.6 Å². The largest absolute Gasteiger partial charge is 0.440 e. The van der Waals surface area contributed by atoms with Gasteiger partial charge in [0.1, 0.15) is 0 Å². The zero-order valence-electron chi connectivity index (χ0n) is 8.15. The number of rotatable bonds is 1. The highest BCUT2D eigenvalue weighted by Crippen LogP contribution is 2.10. The third kappa shape index (κ3) is 3.59. The van der Waals surface area contributed by atoms with Gasteiger partial charge in [0.2, 0.25) is 0 Å². The lowest BCUT2D eigenvalue weighted by Crippen LogP contribution is -2.09. The Balaban J connectivity index is 3.00. The Morgan fingerprint density at radius 2 is 1.69 bits per heavy atom. The minimum atomic E-state index is -1.23. The fourth-order valence-electron chi connectivity index (χ4n) is 0.838. The molecule has 0 spiro atoms. The van der Waals surface area contributed by atoms with Crippen LogP contribution >= 0.6 is 0 Å². The zero-order valence-corrected chi connectivity index (χ0v) is 8.97. The molecule has 3 heteroatoms. The maximum absolute atomic E-state index is 11.6. The van der Waals surface area contributed by atoms with Crippen LogP contribution in [0.2, 0.25) is 0 Å². The van der Waals surface area contributed by atoms with Gasteiger partial charge in [-0.25, -0.2) is 0 Å². The van der Waals surface area contributed by atoms with Crippen LogP contribution in [-0.4, -0.2) is 5.54 Å². The Morgan fingerprint density at radius 3 is 2.15 bits per heavy atom. The van der Waals surface area contributed by atoms with Crippen molar-refractivity contribution in [3.63, 3.8) is 0 Å². The smallest absolute Gasteiger partial charge is 0.0269 e. The van der Waals surface area contributed by atoms with Crippen LogP contribution in [0.15, 0.2) is 39.6 Å². The molecule has 0 N–H and O–H groups in total. The van der Waals surface area contributed by atoms with Crippen LogP contribution in [0.1, 0.15) is 20.8 Å². The van der Waals surface area contributed by atoms with Gasteiger partial charge in [0, 0.05) is 5.54 Å². The van der Waals surface area contributed by atoms with Crippen molar-refractivity contribution in [2.45, 2.75) is 31.2 Å².